The quantitative estimate of drug-likeness (QED) is 0.266. The lowest BCUT2D eigenvalue weighted by molar-refractivity contribution is -0.131. The second-order valence-corrected chi connectivity index (χ2v) is 8.08. The van der Waals surface area contributed by atoms with Crippen LogP contribution in [-0.4, -0.2) is 49.6 Å². The number of nitrogens with zero attached hydrogens (tertiary/aromatic N) is 2. The first-order chi connectivity index (χ1) is 15.5. The third kappa shape index (κ3) is 5.51. The number of carbonyl (C=O) groups is 3. The number of carboxylic acids is 2. The van der Waals surface area contributed by atoms with Gasteiger partial charge in [0.25, 0.3) is 5.78 Å². The van der Waals surface area contributed by atoms with Crippen LogP contribution < -0.4 is 5.32 Å². The van der Waals surface area contributed by atoms with E-state index in [-0.39, 0.29) is 35.9 Å². The number of aromatic carboxylic acids is 1. The van der Waals surface area contributed by atoms with Crippen LogP contribution in [0.15, 0.2) is 48.5 Å². The highest BCUT2D eigenvalue weighted by molar-refractivity contribution is 6.41. The SMILES string of the molecule is CNCc1nc(C(C)(C)O)c(C(=O)O)n1Cc1ccc(-c2ccccc2C(=O)C(=O)O)cc1.Cl. The fourth-order valence-corrected chi connectivity index (χ4v) is 3.63. The van der Waals surface area contributed by atoms with E-state index in [9.17, 15) is 24.6 Å². The molecule has 0 spiro atoms. The Kier molecular flexibility index (Phi) is 8.33. The van der Waals surface area contributed by atoms with E-state index >= 15 is 0 Å². The number of benzene rings is 2. The van der Waals surface area contributed by atoms with Crippen LogP contribution in [0, 0.1) is 0 Å². The Hall–Kier alpha value is -3.53. The number of ketones is 1. The third-order valence-electron chi connectivity index (χ3n) is 5.14. The zero-order valence-electron chi connectivity index (χ0n) is 18.9. The summed E-state index contributed by atoms with van der Waals surface area (Å²) >= 11 is 0. The molecule has 0 aliphatic carbocycles. The fraction of sp³-hybridized carbons (Fsp3) is 0.250. The van der Waals surface area contributed by atoms with Gasteiger partial charge in [-0.1, -0.05) is 48.5 Å². The van der Waals surface area contributed by atoms with E-state index in [4.69, 9.17) is 5.11 Å². The highest BCUT2D eigenvalue weighted by Gasteiger charge is 2.31. The minimum absolute atomic E-state index is 0. The molecule has 0 aliphatic heterocycles. The first-order valence-corrected chi connectivity index (χ1v) is 10.2. The molecule has 34 heavy (non-hydrogen) atoms. The van der Waals surface area contributed by atoms with E-state index in [1.165, 1.54) is 19.9 Å². The average molecular weight is 488 g/mol. The van der Waals surface area contributed by atoms with E-state index < -0.39 is 23.3 Å². The van der Waals surface area contributed by atoms with E-state index in [2.05, 4.69) is 10.3 Å². The van der Waals surface area contributed by atoms with E-state index in [1.54, 1.807) is 54.1 Å². The molecule has 0 amide bonds. The molecule has 2 aromatic carbocycles. The number of aliphatic hydroxyl groups is 1. The fourth-order valence-electron chi connectivity index (χ4n) is 3.63. The van der Waals surface area contributed by atoms with Crippen molar-refractivity contribution in [2.45, 2.75) is 32.5 Å². The van der Waals surface area contributed by atoms with Crippen molar-refractivity contribution in [2.75, 3.05) is 7.05 Å². The molecular formula is C24H26ClN3O6. The molecule has 0 atom stereocenters. The molecule has 180 valence electrons. The van der Waals surface area contributed by atoms with Gasteiger partial charge in [-0.2, -0.15) is 0 Å². The first kappa shape index (κ1) is 26.7. The number of rotatable bonds is 9. The molecule has 0 radical (unpaired) electrons. The van der Waals surface area contributed by atoms with Gasteiger partial charge >= 0.3 is 11.9 Å². The minimum Gasteiger partial charge on any atom is -0.477 e. The monoisotopic (exact) mass is 487 g/mol. The molecule has 10 heteroatoms. The molecule has 0 unspecified atom stereocenters. The molecule has 9 nitrogen and oxygen atoms in total. The predicted octanol–water partition coefficient (Wildman–Crippen LogP) is 2.93. The van der Waals surface area contributed by atoms with Gasteiger partial charge in [-0.05, 0) is 37.6 Å². The second kappa shape index (κ2) is 10.6. The summed E-state index contributed by atoms with van der Waals surface area (Å²) in [6, 6.07) is 13.5. The normalized spacial score (nSPS) is 11.1. The van der Waals surface area contributed by atoms with Crippen molar-refractivity contribution < 1.29 is 29.7 Å². The molecule has 0 saturated carbocycles. The van der Waals surface area contributed by atoms with Crippen LogP contribution in [0.3, 0.4) is 0 Å². The standard InChI is InChI=1S/C24H25N3O6.ClH/c1-24(2,33)21-19(22(29)30)27(18(26-21)12-25-3)13-14-8-10-15(11-9-14)16-6-4-5-7-17(16)20(28)23(31)32;/h4-11,25,33H,12-13H2,1-3H3,(H,29,30)(H,31,32);1H. The van der Waals surface area contributed by atoms with Crippen LogP contribution in [0.1, 0.15) is 51.8 Å². The van der Waals surface area contributed by atoms with Gasteiger partial charge in [0.15, 0.2) is 5.69 Å². The van der Waals surface area contributed by atoms with Gasteiger partial charge in [-0.25, -0.2) is 14.6 Å². The zero-order chi connectivity index (χ0) is 24.3. The van der Waals surface area contributed by atoms with Gasteiger partial charge < -0.3 is 25.2 Å². The number of aromatic nitrogens is 2. The summed E-state index contributed by atoms with van der Waals surface area (Å²) in [5.74, 6) is -3.25. The summed E-state index contributed by atoms with van der Waals surface area (Å²) in [7, 11) is 1.72. The number of aliphatic carboxylic acids is 1. The number of carbonyl (C=O) groups excluding carboxylic acids is 1. The maximum atomic E-state index is 12.0. The number of nitrogens with one attached hydrogen (secondary N) is 1. The third-order valence-corrected chi connectivity index (χ3v) is 5.14. The number of imidazole rings is 1. The number of carboxylic acid groups (broad SMARTS) is 2. The highest BCUT2D eigenvalue weighted by Crippen LogP contribution is 2.27. The maximum Gasteiger partial charge on any atom is 0.377 e. The Labute approximate surface area is 202 Å². The Balaban J connectivity index is 0.00000408. The van der Waals surface area contributed by atoms with Crippen LogP contribution in [0.25, 0.3) is 11.1 Å². The summed E-state index contributed by atoms with van der Waals surface area (Å²) < 4.78 is 1.54. The van der Waals surface area contributed by atoms with Gasteiger partial charge in [-0.15, -0.1) is 12.4 Å². The molecule has 0 saturated heterocycles. The van der Waals surface area contributed by atoms with Gasteiger partial charge in [0.05, 0.1) is 6.54 Å². The Morgan fingerprint density at radius 3 is 2.18 bits per heavy atom. The molecule has 3 rings (SSSR count). The lowest BCUT2D eigenvalue weighted by Crippen LogP contribution is -2.22. The van der Waals surface area contributed by atoms with E-state index in [1.807, 2.05) is 0 Å². The first-order valence-electron chi connectivity index (χ1n) is 10.2. The van der Waals surface area contributed by atoms with Crippen molar-refractivity contribution in [1.29, 1.82) is 0 Å². The molecule has 0 fully saturated rings. The van der Waals surface area contributed by atoms with Crippen LogP contribution in [0.4, 0.5) is 0 Å². The zero-order valence-corrected chi connectivity index (χ0v) is 19.7. The maximum absolute atomic E-state index is 12.0. The Morgan fingerprint density at radius 2 is 1.65 bits per heavy atom. The smallest absolute Gasteiger partial charge is 0.377 e. The minimum atomic E-state index is -1.53. The number of halogens is 1. The van der Waals surface area contributed by atoms with E-state index in [0.717, 1.165) is 5.56 Å². The van der Waals surface area contributed by atoms with Gasteiger partial charge in [-0.3, -0.25) is 4.79 Å². The van der Waals surface area contributed by atoms with Crippen molar-refractivity contribution in [2.24, 2.45) is 0 Å². The summed E-state index contributed by atoms with van der Waals surface area (Å²) in [4.78, 5) is 39.6. The number of hydrogen-bond donors (Lipinski definition) is 4. The largest absolute Gasteiger partial charge is 0.477 e. The molecule has 0 bridgehead atoms. The van der Waals surface area contributed by atoms with Crippen LogP contribution in [-0.2, 0) is 23.5 Å². The summed E-state index contributed by atoms with van der Waals surface area (Å²) in [5, 5.41) is 32.3. The van der Waals surface area contributed by atoms with Crippen molar-refractivity contribution >= 4 is 30.1 Å². The number of hydrogen-bond acceptors (Lipinski definition) is 6. The number of Topliss-reactive ketones (excluding diaryl/α,β-unsaturated/α-hetero) is 1. The van der Waals surface area contributed by atoms with E-state index in [0.29, 0.717) is 23.5 Å². The average Bonchev–Trinajstić information content (AvgIpc) is 3.13. The summed E-state index contributed by atoms with van der Waals surface area (Å²) in [6.07, 6.45) is 0. The Morgan fingerprint density at radius 1 is 1.03 bits per heavy atom. The lowest BCUT2D eigenvalue weighted by Gasteiger charge is -2.16. The molecule has 0 aliphatic rings. The van der Waals surface area contributed by atoms with Crippen molar-refractivity contribution in [3.05, 3.63) is 76.9 Å². The molecule has 3 aromatic rings. The Bertz CT molecular complexity index is 1210. The van der Waals surface area contributed by atoms with Crippen molar-refractivity contribution in [3.63, 3.8) is 0 Å². The molecule has 4 N–H and O–H groups in total. The summed E-state index contributed by atoms with van der Waals surface area (Å²) in [6.45, 7) is 3.47. The van der Waals surface area contributed by atoms with Crippen molar-refractivity contribution in [3.8, 4) is 11.1 Å². The van der Waals surface area contributed by atoms with Gasteiger partial charge in [0, 0.05) is 12.1 Å². The molecule has 1 aromatic heterocycles. The summed E-state index contributed by atoms with van der Waals surface area (Å²) in [5.41, 5.74) is 0.552. The highest BCUT2D eigenvalue weighted by atomic mass is 35.5. The van der Waals surface area contributed by atoms with Crippen LogP contribution >= 0.6 is 12.4 Å². The van der Waals surface area contributed by atoms with Crippen molar-refractivity contribution in [1.82, 2.24) is 14.9 Å². The van der Waals surface area contributed by atoms with Crippen LogP contribution in [0.2, 0.25) is 0 Å². The molecular weight excluding hydrogens is 462 g/mol. The van der Waals surface area contributed by atoms with Gasteiger partial charge in [0.2, 0.25) is 0 Å². The lowest BCUT2D eigenvalue weighted by atomic mass is 9.96. The predicted molar refractivity (Wildman–Crippen MR) is 127 cm³/mol. The van der Waals surface area contributed by atoms with Gasteiger partial charge in [0.1, 0.15) is 17.1 Å². The van der Waals surface area contributed by atoms with Crippen LogP contribution in [0.5, 0.6) is 0 Å². The second-order valence-electron chi connectivity index (χ2n) is 8.08. The topological polar surface area (TPSA) is 142 Å². The molecule has 1 heterocycles.